The van der Waals surface area contributed by atoms with Crippen molar-refractivity contribution in [2.24, 2.45) is 5.73 Å². The van der Waals surface area contributed by atoms with Gasteiger partial charge in [0.2, 0.25) is 6.79 Å². The first-order chi connectivity index (χ1) is 10.6. The van der Waals surface area contributed by atoms with Crippen molar-refractivity contribution in [2.45, 2.75) is 12.5 Å². The summed E-state index contributed by atoms with van der Waals surface area (Å²) in [4.78, 5) is 0. The Bertz CT molecular complexity index is 855. The Labute approximate surface area is 129 Å². The van der Waals surface area contributed by atoms with Crippen LogP contribution in [0.2, 0.25) is 0 Å². The summed E-state index contributed by atoms with van der Waals surface area (Å²) >= 11 is 0. The van der Waals surface area contributed by atoms with E-state index in [1.807, 2.05) is 37.3 Å². The van der Waals surface area contributed by atoms with Crippen LogP contribution in [0.4, 0.5) is 0 Å². The lowest BCUT2D eigenvalue weighted by atomic mass is 9.84. The van der Waals surface area contributed by atoms with Crippen molar-refractivity contribution in [3.05, 3.63) is 71.8 Å². The van der Waals surface area contributed by atoms with Crippen LogP contribution in [0.1, 0.15) is 18.1 Å². The van der Waals surface area contributed by atoms with Gasteiger partial charge < -0.3 is 15.2 Å². The van der Waals surface area contributed by atoms with E-state index >= 15 is 0 Å². The van der Waals surface area contributed by atoms with Gasteiger partial charge in [0, 0.05) is 0 Å². The minimum atomic E-state index is -0.592. The summed E-state index contributed by atoms with van der Waals surface area (Å²) in [5.41, 5.74) is 8.14. The number of fused-ring (bicyclic) bond motifs is 2. The van der Waals surface area contributed by atoms with Crippen molar-refractivity contribution in [1.29, 1.82) is 0 Å². The van der Waals surface area contributed by atoms with Gasteiger partial charge in [-0.25, -0.2) is 0 Å². The molecule has 2 N–H and O–H groups in total. The Hall–Kier alpha value is -2.52. The molecule has 0 fully saturated rings. The maximum absolute atomic E-state index is 6.65. The van der Waals surface area contributed by atoms with E-state index < -0.39 is 5.54 Å². The summed E-state index contributed by atoms with van der Waals surface area (Å²) < 4.78 is 10.8. The molecule has 3 heteroatoms. The summed E-state index contributed by atoms with van der Waals surface area (Å²) in [7, 11) is 0. The molecule has 22 heavy (non-hydrogen) atoms. The monoisotopic (exact) mass is 291 g/mol. The molecular formula is C19H17NO2. The van der Waals surface area contributed by atoms with Crippen LogP contribution in [-0.2, 0) is 5.54 Å². The standard InChI is InChI=1S/C19H17NO2/c1-19(20,16-8-9-17-18(11-16)22-12-21-17)15-7-6-13-4-2-3-5-14(13)10-15/h2-11H,12,20H2,1H3. The summed E-state index contributed by atoms with van der Waals surface area (Å²) in [5.74, 6) is 1.54. The minimum absolute atomic E-state index is 0.274. The summed E-state index contributed by atoms with van der Waals surface area (Å²) in [6.45, 7) is 2.30. The number of benzene rings is 3. The molecule has 3 aromatic carbocycles. The van der Waals surface area contributed by atoms with E-state index in [0.717, 1.165) is 22.6 Å². The Balaban J connectivity index is 1.81. The van der Waals surface area contributed by atoms with Gasteiger partial charge in [-0.1, -0.05) is 42.5 Å². The molecule has 0 saturated carbocycles. The second-order valence-corrected chi connectivity index (χ2v) is 5.83. The third-order valence-corrected chi connectivity index (χ3v) is 4.32. The fourth-order valence-electron chi connectivity index (χ4n) is 2.90. The van der Waals surface area contributed by atoms with Crippen LogP contribution >= 0.6 is 0 Å². The first-order valence-electron chi connectivity index (χ1n) is 7.33. The molecule has 0 amide bonds. The largest absolute Gasteiger partial charge is 0.454 e. The fraction of sp³-hybridized carbons (Fsp3) is 0.158. The van der Waals surface area contributed by atoms with Crippen LogP contribution < -0.4 is 15.2 Å². The molecule has 1 aliphatic heterocycles. The molecule has 1 unspecified atom stereocenters. The average Bonchev–Trinajstić information content (AvgIpc) is 3.02. The van der Waals surface area contributed by atoms with E-state index in [2.05, 4.69) is 30.3 Å². The van der Waals surface area contributed by atoms with Crippen molar-refractivity contribution in [1.82, 2.24) is 0 Å². The van der Waals surface area contributed by atoms with Crippen molar-refractivity contribution >= 4 is 10.8 Å². The van der Waals surface area contributed by atoms with E-state index in [-0.39, 0.29) is 6.79 Å². The molecule has 110 valence electrons. The van der Waals surface area contributed by atoms with Gasteiger partial charge in [-0.15, -0.1) is 0 Å². The zero-order valence-electron chi connectivity index (χ0n) is 12.4. The van der Waals surface area contributed by atoms with E-state index in [4.69, 9.17) is 15.2 Å². The number of nitrogens with two attached hydrogens (primary N) is 1. The molecule has 3 aromatic rings. The Morgan fingerprint density at radius 2 is 1.50 bits per heavy atom. The molecule has 0 spiro atoms. The fourth-order valence-corrected chi connectivity index (χ4v) is 2.90. The zero-order chi connectivity index (χ0) is 15.2. The summed E-state index contributed by atoms with van der Waals surface area (Å²) in [6, 6.07) is 20.5. The lowest BCUT2D eigenvalue weighted by molar-refractivity contribution is 0.174. The van der Waals surface area contributed by atoms with Crippen LogP contribution in [0.25, 0.3) is 10.8 Å². The van der Waals surface area contributed by atoms with Crippen LogP contribution in [0.15, 0.2) is 60.7 Å². The van der Waals surface area contributed by atoms with Crippen molar-refractivity contribution in [3.63, 3.8) is 0 Å². The highest BCUT2D eigenvalue weighted by molar-refractivity contribution is 5.83. The number of hydrogen-bond donors (Lipinski definition) is 1. The van der Waals surface area contributed by atoms with Gasteiger partial charge in [0.15, 0.2) is 11.5 Å². The van der Waals surface area contributed by atoms with Gasteiger partial charge in [-0.3, -0.25) is 0 Å². The molecule has 0 saturated heterocycles. The first-order valence-corrected chi connectivity index (χ1v) is 7.33. The molecule has 0 aliphatic carbocycles. The average molecular weight is 291 g/mol. The number of hydrogen-bond acceptors (Lipinski definition) is 3. The van der Waals surface area contributed by atoms with E-state index in [0.29, 0.717) is 0 Å². The lowest BCUT2D eigenvalue weighted by Gasteiger charge is -2.26. The molecule has 0 radical (unpaired) electrons. The smallest absolute Gasteiger partial charge is 0.231 e. The maximum Gasteiger partial charge on any atom is 0.231 e. The second kappa shape index (κ2) is 4.75. The van der Waals surface area contributed by atoms with Gasteiger partial charge in [-0.2, -0.15) is 0 Å². The first kappa shape index (κ1) is 13.2. The van der Waals surface area contributed by atoms with Gasteiger partial charge in [-0.05, 0) is 47.0 Å². The van der Waals surface area contributed by atoms with Crippen LogP contribution in [-0.4, -0.2) is 6.79 Å². The summed E-state index contributed by atoms with van der Waals surface area (Å²) in [6.07, 6.45) is 0. The number of ether oxygens (including phenoxy) is 2. The quantitative estimate of drug-likeness (QED) is 0.781. The predicted molar refractivity (Wildman–Crippen MR) is 87.2 cm³/mol. The van der Waals surface area contributed by atoms with Crippen molar-refractivity contribution in [2.75, 3.05) is 6.79 Å². The summed E-state index contributed by atoms with van der Waals surface area (Å²) in [5, 5.41) is 2.41. The lowest BCUT2D eigenvalue weighted by Crippen LogP contribution is -2.34. The highest BCUT2D eigenvalue weighted by Gasteiger charge is 2.26. The zero-order valence-corrected chi connectivity index (χ0v) is 12.4. The predicted octanol–water partition coefficient (Wildman–Crippen LogP) is 3.79. The Morgan fingerprint density at radius 3 is 2.36 bits per heavy atom. The molecule has 4 rings (SSSR count). The van der Waals surface area contributed by atoms with Gasteiger partial charge in [0.1, 0.15) is 0 Å². The van der Waals surface area contributed by atoms with Gasteiger partial charge >= 0.3 is 0 Å². The number of rotatable bonds is 2. The van der Waals surface area contributed by atoms with Gasteiger partial charge in [0.05, 0.1) is 5.54 Å². The molecule has 0 aromatic heterocycles. The minimum Gasteiger partial charge on any atom is -0.454 e. The normalized spacial score (nSPS) is 15.7. The van der Waals surface area contributed by atoms with E-state index in [9.17, 15) is 0 Å². The van der Waals surface area contributed by atoms with Crippen molar-refractivity contribution < 1.29 is 9.47 Å². The highest BCUT2D eigenvalue weighted by Crippen LogP contribution is 2.37. The molecule has 3 nitrogen and oxygen atoms in total. The molecule has 1 atom stereocenters. The third kappa shape index (κ3) is 2.02. The van der Waals surface area contributed by atoms with E-state index in [1.54, 1.807) is 0 Å². The van der Waals surface area contributed by atoms with Crippen LogP contribution in [0.5, 0.6) is 11.5 Å². The van der Waals surface area contributed by atoms with E-state index in [1.165, 1.54) is 10.8 Å². The topological polar surface area (TPSA) is 44.5 Å². The third-order valence-electron chi connectivity index (χ3n) is 4.32. The van der Waals surface area contributed by atoms with Crippen molar-refractivity contribution in [3.8, 4) is 11.5 Å². The van der Waals surface area contributed by atoms with Crippen LogP contribution in [0.3, 0.4) is 0 Å². The Morgan fingerprint density at radius 1 is 0.818 bits per heavy atom. The highest BCUT2D eigenvalue weighted by atomic mass is 16.7. The second-order valence-electron chi connectivity index (χ2n) is 5.83. The molecule has 0 bridgehead atoms. The van der Waals surface area contributed by atoms with Gasteiger partial charge in [0.25, 0.3) is 0 Å². The van der Waals surface area contributed by atoms with Crippen LogP contribution in [0, 0.1) is 0 Å². The Kier molecular flexibility index (Phi) is 2.84. The molecule has 1 aliphatic rings. The maximum atomic E-state index is 6.65. The molecular weight excluding hydrogens is 274 g/mol. The SMILES string of the molecule is CC(N)(c1ccc2c(c1)OCO2)c1ccc2ccccc2c1. The molecule has 1 heterocycles.